The Morgan fingerprint density at radius 1 is 1.07 bits per heavy atom. The van der Waals surface area contributed by atoms with Gasteiger partial charge in [-0.1, -0.05) is 56.9 Å². The summed E-state index contributed by atoms with van der Waals surface area (Å²) in [5.41, 5.74) is 3.49. The third kappa shape index (κ3) is 3.78. The Balaban J connectivity index is 1.51. The van der Waals surface area contributed by atoms with Gasteiger partial charge in [0.2, 0.25) is 0 Å². The first kappa shape index (κ1) is 21.6. The van der Waals surface area contributed by atoms with Crippen LogP contribution in [-0.4, -0.2) is 21.9 Å². The predicted octanol–water partition coefficient (Wildman–Crippen LogP) is 6.42. The van der Waals surface area contributed by atoms with E-state index in [1.54, 1.807) is 5.57 Å². The van der Waals surface area contributed by atoms with E-state index in [-0.39, 0.29) is 6.10 Å². The third-order valence-corrected chi connectivity index (χ3v) is 9.75. The standard InChI is InChI=1S/C27H44O2/c1-18(7-6-14-25(2,3)29)22-10-11-23-21-9-8-19-17-20(28)12-15-26(19,4)24(21)13-16-27(22,23)5/h8-9,18,20,22-24,28-29H,6-7,10-17H2,1-5H3/t18?,20-,22?,23?,24?,26-,27+/m0/s1. The van der Waals surface area contributed by atoms with Crippen molar-refractivity contribution in [3.8, 4) is 0 Å². The zero-order valence-corrected chi connectivity index (χ0v) is 19.5. The van der Waals surface area contributed by atoms with Crippen molar-refractivity contribution in [3.05, 3.63) is 23.3 Å². The Morgan fingerprint density at radius 2 is 1.83 bits per heavy atom. The van der Waals surface area contributed by atoms with Gasteiger partial charge < -0.3 is 10.2 Å². The first-order valence-corrected chi connectivity index (χ1v) is 12.4. The molecule has 0 saturated heterocycles. The molecule has 0 aromatic carbocycles. The average Bonchev–Trinajstić information content (AvgIpc) is 2.98. The second-order valence-corrected chi connectivity index (χ2v) is 12.2. The number of hydrogen-bond donors (Lipinski definition) is 2. The van der Waals surface area contributed by atoms with Crippen LogP contribution in [0, 0.1) is 34.5 Å². The minimum absolute atomic E-state index is 0.126. The van der Waals surface area contributed by atoms with E-state index >= 15 is 0 Å². The number of fused-ring (bicyclic) bond motifs is 5. The second kappa shape index (κ2) is 7.52. The first-order valence-electron chi connectivity index (χ1n) is 12.4. The highest BCUT2D eigenvalue weighted by Gasteiger charge is 2.56. The molecule has 2 nitrogen and oxygen atoms in total. The van der Waals surface area contributed by atoms with Crippen LogP contribution in [0.3, 0.4) is 0 Å². The van der Waals surface area contributed by atoms with Gasteiger partial charge >= 0.3 is 0 Å². The van der Waals surface area contributed by atoms with Gasteiger partial charge in [0.05, 0.1) is 11.7 Å². The molecule has 2 N–H and O–H groups in total. The third-order valence-electron chi connectivity index (χ3n) is 9.75. The molecule has 0 spiro atoms. The van der Waals surface area contributed by atoms with Gasteiger partial charge in [0.1, 0.15) is 0 Å². The maximum Gasteiger partial charge on any atom is 0.0591 e. The highest BCUT2D eigenvalue weighted by Crippen LogP contribution is 2.66. The molecule has 3 fully saturated rings. The van der Waals surface area contributed by atoms with E-state index in [0.717, 1.165) is 49.9 Å². The smallest absolute Gasteiger partial charge is 0.0591 e. The van der Waals surface area contributed by atoms with E-state index in [1.807, 2.05) is 13.8 Å². The quantitative estimate of drug-likeness (QED) is 0.559. The average molecular weight is 401 g/mol. The molecule has 0 radical (unpaired) electrons. The molecule has 4 aliphatic rings. The number of aliphatic hydroxyl groups is 2. The molecule has 0 amide bonds. The van der Waals surface area contributed by atoms with E-state index in [1.165, 1.54) is 37.7 Å². The minimum Gasteiger partial charge on any atom is -0.393 e. The first-order chi connectivity index (χ1) is 13.5. The maximum atomic E-state index is 10.2. The molecule has 3 saturated carbocycles. The predicted molar refractivity (Wildman–Crippen MR) is 120 cm³/mol. The largest absolute Gasteiger partial charge is 0.393 e. The van der Waals surface area contributed by atoms with Crippen molar-refractivity contribution in [1.29, 1.82) is 0 Å². The van der Waals surface area contributed by atoms with Crippen molar-refractivity contribution >= 4 is 0 Å². The van der Waals surface area contributed by atoms with Crippen LogP contribution in [0.2, 0.25) is 0 Å². The summed E-state index contributed by atoms with van der Waals surface area (Å²) in [7, 11) is 0. The summed E-state index contributed by atoms with van der Waals surface area (Å²) in [5, 5.41) is 20.3. The number of aliphatic hydroxyl groups excluding tert-OH is 1. The lowest BCUT2D eigenvalue weighted by atomic mass is 9.50. The summed E-state index contributed by atoms with van der Waals surface area (Å²) in [6.45, 7) is 11.5. The molecule has 7 atom stereocenters. The van der Waals surface area contributed by atoms with Crippen molar-refractivity contribution in [3.63, 3.8) is 0 Å². The molecular weight excluding hydrogens is 356 g/mol. The summed E-state index contributed by atoms with van der Waals surface area (Å²) in [5.74, 6) is 3.03. The Labute approximate surface area is 178 Å². The van der Waals surface area contributed by atoms with Gasteiger partial charge in [-0.25, -0.2) is 0 Å². The van der Waals surface area contributed by atoms with Crippen LogP contribution in [0.15, 0.2) is 23.3 Å². The van der Waals surface area contributed by atoms with Gasteiger partial charge in [-0.2, -0.15) is 0 Å². The van der Waals surface area contributed by atoms with Crippen LogP contribution in [0.4, 0.5) is 0 Å². The zero-order chi connectivity index (χ0) is 21.0. The fraction of sp³-hybridized carbons (Fsp3) is 0.852. The highest BCUT2D eigenvalue weighted by molar-refractivity contribution is 5.38. The van der Waals surface area contributed by atoms with E-state index in [9.17, 15) is 10.2 Å². The maximum absolute atomic E-state index is 10.2. The van der Waals surface area contributed by atoms with E-state index in [4.69, 9.17) is 0 Å². The highest BCUT2D eigenvalue weighted by atomic mass is 16.3. The topological polar surface area (TPSA) is 40.5 Å². The van der Waals surface area contributed by atoms with Crippen LogP contribution in [0.25, 0.3) is 0 Å². The summed E-state index contributed by atoms with van der Waals surface area (Å²) >= 11 is 0. The minimum atomic E-state index is -0.528. The number of allylic oxidation sites excluding steroid dienone is 3. The Kier molecular flexibility index (Phi) is 5.61. The molecule has 164 valence electrons. The number of hydrogen-bond acceptors (Lipinski definition) is 2. The molecule has 4 unspecified atom stereocenters. The monoisotopic (exact) mass is 400 g/mol. The normalized spacial score (nSPS) is 43.0. The van der Waals surface area contributed by atoms with Crippen LogP contribution < -0.4 is 0 Å². The molecule has 0 aromatic heterocycles. The van der Waals surface area contributed by atoms with E-state index in [0.29, 0.717) is 16.7 Å². The summed E-state index contributed by atoms with van der Waals surface area (Å²) in [6.07, 6.45) is 16.5. The van der Waals surface area contributed by atoms with Crippen LogP contribution >= 0.6 is 0 Å². The second-order valence-electron chi connectivity index (χ2n) is 12.2. The van der Waals surface area contributed by atoms with E-state index < -0.39 is 5.60 Å². The van der Waals surface area contributed by atoms with Crippen molar-refractivity contribution in [2.75, 3.05) is 0 Å². The summed E-state index contributed by atoms with van der Waals surface area (Å²) in [6, 6.07) is 0. The van der Waals surface area contributed by atoms with Crippen LogP contribution in [-0.2, 0) is 0 Å². The van der Waals surface area contributed by atoms with Crippen molar-refractivity contribution in [2.24, 2.45) is 34.5 Å². The molecule has 29 heavy (non-hydrogen) atoms. The van der Waals surface area contributed by atoms with Gasteiger partial charge in [-0.15, -0.1) is 0 Å². The fourth-order valence-electron chi connectivity index (χ4n) is 8.02. The van der Waals surface area contributed by atoms with Crippen molar-refractivity contribution < 1.29 is 10.2 Å². The molecule has 2 heteroatoms. The summed E-state index contributed by atoms with van der Waals surface area (Å²) in [4.78, 5) is 0. The Hall–Kier alpha value is -0.600. The molecule has 0 aliphatic heterocycles. The molecule has 0 bridgehead atoms. The number of rotatable bonds is 5. The zero-order valence-electron chi connectivity index (χ0n) is 19.5. The molecule has 0 aromatic rings. The van der Waals surface area contributed by atoms with E-state index in [2.05, 4.69) is 32.9 Å². The lowest BCUT2D eigenvalue weighted by Gasteiger charge is -2.55. The van der Waals surface area contributed by atoms with Gasteiger partial charge in [0.15, 0.2) is 0 Å². The van der Waals surface area contributed by atoms with Gasteiger partial charge in [-0.05, 0) is 99.7 Å². The SMILES string of the molecule is CC(CCCC(C)(C)O)C1CCC2C3=CC=C4C[C@@H](O)CC[C@]4(C)C3CC[C@@]21C. The lowest BCUT2D eigenvalue weighted by molar-refractivity contribution is 0.0298. The Bertz CT molecular complexity index is 683. The van der Waals surface area contributed by atoms with Gasteiger partial charge in [0.25, 0.3) is 0 Å². The molecule has 4 aliphatic carbocycles. The van der Waals surface area contributed by atoms with Crippen molar-refractivity contribution in [2.45, 2.75) is 111 Å². The van der Waals surface area contributed by atoms with Crippen molar-refractivity contribution in [1.82, 2.24) is 0 Å². The molecular formula is C27H44O2. The van der Waals surface area contributed by atoms with Crippen LogP contribution in [0.5, 0.6) is 0 Å². The Morgan fingerprint density at radius 3 is 2.55 bits per heavy atom. The van der Waals surface area contributed by atoms with Gasteiger partial charge in [-0.3, -0.25) is 0 Å². The lowest BCUT2D eigenvalue weighted by Crippen LogP contribution is -2.46. The molecule has 4 rings (SSSR count). The summed E-state index contributed by atoms with van der Waals surface area (Å²) < 4.78 is 0. The van der Waals surface area contributed by atoms with Gasteiger partial charge in [0, 0.05) is 0 Å². The molecule has 0 heterocycles. The fourth-order valence-corrected chi connectivity index (χ4v) is 8.02. The van der Waals surface area contributed by atoms with Crippen LogP contribution in [0.1, 0.15) is 98.8 Å².